The number of fused-ring (bicyclic) bond motifs is 7. The van der Waals surface area contributed by atoms with E-state index in [2.05, 4.69) is 30.3 Å². The normalized spacial score (nSPS) is 11.9. The van der Waals surface area contributed by atoms with E-state index in [-0.39, 0.29) is 0 Å². The maximum atomic E-state index is 6.77. The summed E-state index contributed by atoms with van der Waals surface area (Å²) in [4.78, 5) is 0. The molecule has 0 radical (unpaired) electrons. The van der Waals surface area contributed by atoms with Crippen LogP contribution in [0.15, 0.2) is 87.7 Å². The summed E-state index contributed by atoms with van der Waals surface area (Å²) >= 11 is 6.77. The van der Waals surface area contributed by atoms with Gasteiger partial charge in [-0.3, -0.25) is 0 Å². The van der Waals surface area contributed by atoms with Crippen LogP contribution in [0.25, 0.3) is 55.0 Å². The zero-order chi connectivity index (χ0) is 18.0. The van der Waals surface area contributed by atoms with Crippen LogP contribution in [0.1, 0.15) is 0 Å². The molecule has 128 valence electrons. The zero-order valence-corrected chi connectivity index (χ0v) is 15.0. The Balaban J connectivity index is 1.77. The first kappa shape index (κ1) is 14.9. The van der Waals surface area contributed by atoms with Gasteiger partial charge in [-0.1, -0.05) is 66.2 Å². The molecule has 4 aromatic carbocycles. The smallest absolute Gasteiger partial charge is 0.154 e. The predicted octanol–water partition coefficient (Wildman–Crippen LogP) is 7.81. The van der Waals surface area contributed by atoms with Crippen molar-refractivity contribution in [1.29, 1.82) is 0 Å². The highest BCUT2D eigenvalue weighted by Crippen LogP contribution is 2.43. The summed E-state index contributed by atoms with van der Waals surface area (Å²) in [5.41, 5.74) is 5.30. The summed E-state index contributed by atoms with van der Waals surface area (Å²) < 4.78 is 12.2. The van der Waals surface area contributed by atoms with Gasteiger partial charge in [0.1, 0.15) is 16.7 Å². The van der Waals surface area contributed by atoms with Gasteiger partial charge in [-0.25, -0.2) is 0 Å². The molecule has 0 atom stereocenters. The van der Waals surface area contributed by atoms with Crippen LogP contribution >= 0.6 is 11.6 Å². The lowest BCUT2D eigenvalue weighted by molar-refractivity contribution is 0.663. The van der Waals surface area contributed by atoms with Crippen LogP contribution in [0.2, 0.25) is 5.02 Å². The Kier molecular flexibility index (Phi) is 2.97. The van der Waals surface area contributed by atoms with Crippen LogP contribution in [0, 0.1) is 0 Å². The Morgan fingerprint density at radius 2 is 1.26 bits per heavy atom. The van der Waals surface area contributed by atoms with E-state index in [4.69, 9.17) is 20.4 Å². The standard InChI is InChI=1S/C24H13ClO2/c25-23-15(14-6-2-1-3-7-14)10-11-17-22-20(27-24(17)23)13-12-19-21(22)16-8-4-5-9-18(16)26-19/h1-13H. The van der Waals surface area contributed by atoms with E-state index in [9.17, 15) is 0 Å². The fourth-order valence-electron chi connectivity index (χ4n) is 3.95. The molecule has 0 saturated heterocycles. The van der Waals surface area contributed by atoms with Crippen LogP contribution in [0.5, 0.6) is 0 Å². The number of hydrogen-bond donors (Lipinski definition) is 0. The van der Waals surface area contributed by atoms with Crippen LogP contribution in [0.4, 0.5) is 0 Å². The van der Waals surface area contributed by atoms with E-state index in [0.29, 0.717) is 10.6 Å². The Bertz CT molecular complexity index is 1470. The monoisotopic (exact) mass is 368 g/mol. The molecular weight excluding hydrogens is 356 g/mol. The van der Waals surface area contributed by atoms with Crippen LogP contribution < -0.4 is 0 Å². The molecule has 2 aromatic heterocycles. The second-order valence-electron chi connectivity index (χ2n) is 6.68. The highest BCUT2D eigenvalue weighted by atomic mass is 35.5. The Morgan fingerprint density at radius 3 is 2.11 bits per heavy atom. The van der Waals surface area contributed by atoms with Crippen molar-refractivity contribution >= 4 is 55.5 Å². The summed E-state index contributed by atoms with van der Waals surface area (Å²) in [5.74, 6) is 0. The van der Waals surface area contributed by atoms with E-state index >= 15 is 0 Å². The number of furan rings is 2. The van der Waals surface area contributed by atoms with Crippen LogP contribution in [0.3, 0.4) is 0 Å². The molecule has 0 spiro atoms. The summed E-state index contributed by atoms with van der Waals surface area (Å²) in [6, 6.07) is 26.3. The number of hydrogen-bond acceptors (Lipinski definition) is 2. The van der Waals surface area contributed by atoms with Gasteiger partial charge in [0.15, 0.2) is 5.58 Å². The first-order valence-electron chi connectivity index (χ1n) is 8.81. The predicted molar refractivity (Wildman–Crippen MR) is 111 cm³/mol. The topological polar surface area (TPSA) is 26.3 Å². The van der Waals surface area contributed by atoms with Crippen molar-refractivity contribution < 1.29 is 8.83 Å². The minimum absolute atomic E-state index is 0.635. The highest BCUT2D eigenvalue weighted by Gasteiger charge is 2.19. The Morgan fingerprint density at radius 1 is 0.556 bits per heavy atom. The van der Waals surface area contributed by atoms with E-state index in [1.54, 1.807) is 0 Å². The Labute approximate surface area is 159 Å². The molecule has 0 aliphatic heterocycles. The molecule has 3 heteroatoms. The third kappa shape index (κ3) is 2.02. The van der Waals surface area contributed by atoms with E-state index in [0.717, 1.165) is 49.4 Å². The molecule has 2 nitrogen and oxygen atoms in total. The number of halogens is 1. The summed E-state index contributed by atoms with van der Waals surface area (Å²) in [6.45, 7) is 0. The zero-order valence-electron chi connectivity index (χ0n) is 14.2. The van der Waals surface area contributed by atoms with Gasteiger partial charge in [0.05, 0.1) is 5.02 Å². The van der Waals surface area contributed by atoms with Gasteiger partial charge in [-0.15, -0.1) is 0 Å². The van der Waals surface area contributed by atoms with Gasteiger partial charge in [0, 0.05) is 27.1 Å². The molecule has 0 N–H and O–H groups in total. The lowest BCUT2D eigenvalue weighted by Crippen LogP contribution is -1.79. The molecule has 0 fully saturated rings. The molecule has 0 aliphatic rings. The third-order valence-electron chi connectivity index (χ3n) is 5.17. The fraction of sp³-hybridized carbons (Fsp3) is 0. The van der Waals surface area contributed by atoms with Gasteiger partial charge in [0.2, 0.25) is 0 Å². The molecular formula is C24H13ClO2. The molecule has 0 aliphatic carbocycles. The molecule has 2 heterocycles. The van der Waals surface area contributed by atoms with Crippen molar-refractivity contribution in [3.05, 3.63) is 83.9 Å². The van der Waals surface area contributed by atoms with Gasteiger partial charge in [0.25, 0.3) is 0 Å². The second kappa shape index (κ2) is 5.38. The third-order valence-corrected chi connectivity index (χ3v) is 5.54. The van der Waals surface area contributed by atoms with Crippen LogP contribution in [-0.4, -0.2) is 0 Å². The average Bonchev–Trinajstić information content (AvgIpc) is 3.27. The van der Waals surface area contributed by atoms with Crippen LogP contribution in [-0.2, 0) is 0 Å². The number of benzene rings is 4. The first-order chi connectivity index (χ1) is 13.3. The molecule has 0 saturated carbocycles. The molecule has 0 unspecified atom stereocenters. The molecule has 6 rings (SSSR count). The largest absolute Gasteiger partial charge is 0.456 e. The number of rotatable bonds is 1. The quantitative estimate of drug-likeness (QED) is 0.296. The van der Waals surface area contributed by atoms with Crippen molar-refractivity contribution in [2.24, 2.45) is 0 Å². The van der Waals surface area contributed by atoms with Crippen molar-refractivity contribution in [2.75, 3.05) is 0 Å². The maximum absolute atomic E-state index is 6.77. The van der Waals surface area contributed by atoms with Gasteiger partial charge in [-0.2, -0.15) is 0 Å². The van der Waals surface area contributed by atoms with Gasteiger partial charge >= 0.3 is 0 Å². The summed E-state index contributed by atoms with van der Waals surface area (Å²) in [6.07, 6.45) is 0. The van der Waals surface area contributed by atoms with Crippen molar-refractivity contribution in [1.82, 2.24) is 0 Å². The van der Waals surface area contributed by atoms with Crippen molar-refractivity contribution in [2.45, 2.75) is 0 Å². The molecule has 27 heavy (non-hydrogen) atoms. The lowest BCUT2D eigenvalue weighted by atomic mass is 10.0. The van der Waals surface area contributed by atoms with E-state index < -0.39 is 0 Å². The number of para-hydroxylation sites is 1. The van der Waals surface area contributed by atoms with Gasteiger partial charge in [-0.05, 0) is 29.8 Å². The minimum atomic E-state index is 0.635. The van der Waals surface area contributed by atoms with Gasteiger partial charge < -0.3 is 8.83 Å². The average molecular weight is 369 g/mol. The maximum Gasteiger partial charge on any atom is 0.154 e. The highest BCUT2D eigenvalue weighted by molar-refractivity contribution is 6.39. The Hall–Kier alpha value is -3.23. The minimum Gasteiger partial charge on any atom is -0.456 e. The van der Waals surface area contributed by atoms with E-state index in [1.165, 1.54) is 0 Å². The first-order valence-corrected chi connectivity index (χ1v) is 9.19. The summed E-state index contributed by atoms with van der Waals surface area (Å²) in [7, 11) is 0. The second-order valence-corrected chi connectivity index (χ2v) is 7.06. The summed E-state index contributed by atoms with van der Waals surface area (Å²) in [5, 5.41) is 4.85. The van der Waals surface area contributed by atoms with Crippen molar-refractivity contribution in [3.8, 4) is 11.1 Å². The van der Waals surface area contributed by atoms with E-state index in [1.807, 2.05) is 48.5 Å². The SMILES string of the molecule is Clc1c(-c2ccccc2)ccc2c1oc1ccc3oc4ccccc4c3c12. The fourth-order valence-corrected chi connectivity index (χ4v) is 4.27. The lowest BCUT2D eigenvalue weighted by Gasteiger charge is -2.04. The molecule has 0 bridgehead atoms. The molecule has 6 aromatic rings. The van der Waals surface area contributed by atoms with Crippen molar-refractivity contribution in [3.63, 3.8) is 0 Å². The molecule has 0 amide bonds.